The molecule has 4 saturated carbocycles. The summed E-state index contributed by atoms with van der Waals surface area (Å²) < 4.78 is 17.8. The molecule has 1 amide bonds. The monoisotopic (exact) mass is 868 g/mol. The van der Waals surface area contributed by atoms with E-state index in [0.29, 0.717) is 46.6 Å². The van der Waals surface area contributed by atoms with Crippen LogP contribution in [0.1, 0.15) is 136 Å². The van der Waals surface area contributed by atoms with E-state index in [-0.39, 0.29) is 54.4 Å². The first-order valence-electron chi connectivity index (χ1n) is 24.8. The molecule has 61 heavy (non-hydrogen) atoms. The normalized spacial score (nSPS) is 44.8. The number of carbonyl (C=O) groups is 1. The smallest absolute Gasteiger partial charge is 0.238 e. The lowest BCUT2D eigenvalue weighted by atomic mass is 9.63. The molecular weight excluding hydrogens is 787 g/mol. The standard InChI is InChI=1S/C47H81N9O4S/c1-6-49-55-44-39(27-58-4)51-43(42-29(2)30(3)61-46(42)52-44)33-9-7-31(8-10-33)32-19-21-47(22-20-32)23-24-56(28-47)41-18-17-38(53-54-41)45(57)50-35-12-15-36(16-13-35)60-37-14-11-34(26-48)40(25-37)59-5/h29-42,44,46,49,52-55H,6-25,27-28H2,1-5H3,(H,50,57)/t29?,30?,31?,32?,33?,34?,35?,36?,37?,38?,39-,40?,41?,42?,44?,46?,47?/m0/s1. The minimum Gasteiger partial charge on any atom is -0.382 e. The van der Waals surface area contributed by atoms with Crippen LogP contribution in [0.4, 0.5) is 0 Å². The minimum atomic E-state index is -0.186. The summed E-state index contributed by atoms with van der Waals surface area (Å²) in [6.45, 7) is 10.8. The molecule has 1 spiro atoms. The second kappa shape index (κ2) is 21.3. The first kappa shape index (κ1) is 46.2. The van der Waals surface area contributed by atoms with Gasteiger partial charge in [-0.3, -0.25) is 25.4 Å². The number of ether oxygens (including phenoxy) is 3. The van der Waals surface area contributed by atoms with Crippen LogP contribution in [-0.4, -0.2) is 116 Å². The summed E-state index contributed by atoms with van der Waals surface area (Å²) in [5.41, 5.74) is 15.9. The van der Waals surface area contributed by atoms with Crippen molar-refractivity contribution in [3.63, 3.8) is 0 Å². The van der Waals surface area contributed by atoms with Gasteiger partial charge in [0.05, 0.1) is 54.6 Å². The van der Waals surface area contributed by atoms with E-state index in [0.717, 1.165) is 82.7 Å². The minimum absolute atomic E-state index is 0.0250. The zero-order chi connectivity index (χ0) is 42.5. The van der Waals surface area contributed by atoms with Crippen molar-refractivity contribution in [1.82, 2.24) is 37.2 Å². The van der Waals surface area contributed by atoms with Crippen LogP contribution in [0.5, 0.6) is 0 Å². The number of nitriles is 1. The van der Waals surface area contributed by atoms with E-state index in [1.165, 1.54) is 70.0 Å². The SMILES string of the molecule is CCNNC1NC2SC(C)C(C)C2C(C2CCC(C3CCC4(CC3)CCN(C3CCC(C(=O)NC5CCC(OC6CCC(C#N)C(OC)C6)CC5)NN3)C4)CC2)=N[C@H]1COC. The Hall–Kier alpha value is -1.38. The van der Waals surface area contributed by atoms with Crippen LogP contribution in [0, 0.1) is 52.3 Å². The highest BCUT2D eigenvalue weighted by molar-refractivity contribution is 8.00. The number of nitrogens with one attached hydrogen (secondary N) is 6. The Labute approximate surface area is 371 Å². The molecule has 0 aromatic heterocycles. The maximum absolute atomic E-state index is 13.4. The first-order chi connectivity index (χ1) is 29.7. The second-order valence-corrected chi connectivity index (χ2v) is 22.2. The van der Waals surface area contributed by atoms with Gasteiger partial charge in [-0.1, -0.05) is 20.8 Å². The molecule has 11 atom stereocenters. The van der Waals surface area contributed by atoms with Crippen molar-refractivity contribution in [2.45, 2.75) is 196 Å². The third-order valence-electron chi connectivity index (χ3n) is 17.1. The molecule has 8 rings (SSSR count). The van der Waals surface area contributed by atoms with Gasteiger partial charge in [-0.15, -0.1) is 11.8 Å². The fourth-order valence-electron chi connectivity index (χ4n) is 13.2. The van der Waals surface area contributed by atoms with Gasteiger partial charge in [-0.25, -0.2) is 16.3 Å². The van der Waals surface area contributed by atoms with Crippen LogP contribution in [0.2, 0.25) is 0 Å². The molecule has 4 aliphatic carbocycles. The third-order valence-corrected chi connectivity index (χ3v) is 18.7. The van der Waals surface area contributed by atoms with E-state index in [9.17, 15) is 10.1 Å². The Morgan fingerprint density at radius 1 is 0.934 bits per heavy atom. The van der Waals surface area contributed by atoms with Crippen LogP contribution in [0.15, 0.2) is 4.99 Å². The zero-order valence-corrected chi connectivity index (χ0v) is 39.0. The third kappa shape index (κ3) is 10.8. The average Bonchev–Trinajstić information content (AvgIpc) is 3.78. The Balaban J connectivity index is 0.746. The molecular formula is C47H81N9O4S. The fourth-order valence-corrected chi connectivity index (χ4v) is 14.8. The summed E-state index contributed by atoms with van der Waals surface area (Å²) in [4.78, 5) is 21.7. The number of hydrogen-bond donors (Lipinski definition) is 6. The van der Waals surface area contributed by atoms with Crippen molar-refractivity contribution in [1.29, 1.82) is 5.26 Å². The zero-order valence-electron chi connectivity index (χ0n) is 38.2. The predicted octanol–water partition coefficient (Wildman–Crippen LogP) is 5.62. The van der Waals surface area contributed by atoms with Crippen molar-refractivity contribution in [3.05, 3.63) is 0 Å². The molecule has 8 aliphatic rings. The van der Waals surface area contributed by atoms with Crippen LogP contribution in [-0.2, 0) is 19.0 Å². The molecule has 344 valence electrons. The van der Waals surface area contributed by atoms with Gasteiger partial charge in [0.25, 0.3) is 0 Å². The van der Waals surface area contributed by atoms with Crippen LogP contribution in [0.3, 0.4) is 0 Å². The second-order valence-electron chi connectivity index (χ2n) is 20.7. The van der Waals surface area contributed by atoms with E-state index in [1.54, 1.807) is 7.11 Å². The van der Waals surface area contributed by atoms with Gasteiger partial charge >= 0.3 is 0 Å². The van der Waals surface area contributed by atoms with E-state index in [4.69, 9.17) is 19.2 Å². The number of carbonyl (C=O) groups excluding carboxylic acids is 1. The molecule has 0 aromatic rings. The molecule has 0 bridgehead atoms. The molecule has 3 saturated heterocycles. The Kier molecular flexibility index (Phi) is 16.1. The molecule has 0 radical (unpaired) electrons. The van der Waals surface area contributed by atoms with Crippen LogP contribution >= 0.6 is 11.8 Å². The van der Waals surface area contributed by atoms with Crippen LogP contribution in [0.25, 0.3) is 0 Å². The summed E-state index contributed by atoms with van der Waals surface area (Å²) >= 11 is 2.11. The molecule has 0 aromatic carbocycles. The van der Waals surface area contributed by atoms with Gasteiger partial charge < -0.3 is 19.5 Å². The Morgan fingerprint density at radius 3 is 2.38 bits per heavy atom. The number of hydrogen-bond acceptors (Lipinski definition) is 13. The van der Waals surface area contributed by atoms with Crippen molar-refractivity contribution in [2.75, 3.05) is 40.5 Å². The average molecular weight is 868 g/mol. The molecule has 14 heteroatoms. The highest BCUT2D eigenvalue weighted by atomic mass is 32.2. The number of likely N-dealkylation sites (tertiary alicyclic amines) is 1. The molecule has 13 nitrogen and oxygen atoms in total. The summed E-state index contributed by atoms with van der Waals surface area (Å²) in [6.07, 6.45) is 21.1. The molecule has 7 fully saturated rings. The topological polar surface area (TPSA) is 156 Å². The van der Waals surface area contributed by atoms with E-state index < -0.39 is 0 Å². The number of methoxy groups -OCH3 is 2. The number of fused-ring (bicyclic) bond motifs is 1. The molecule has 4 heterocycles. The van der Waals surface area contributed by atoms with Gasteiger partial charge in [0.2, 0.25) is 5.91 Å². The van der Waals surface area contributed by atoms with Gasteiger partial charge in [0.15, 0.2) is 0 Å². The summed E-state index contributed by atoms with van der Waals surface area (Å²) in [7, 11) is 3.51. The van der Waals surface area contributed by atoms with Crippen molar-refractivity contribution >= 4 is 23.4 Å². The largest absolute Gasteiger partial charge is 0.382 e. The Bertz CT molecular complexity index is 1490. The number of hydrazine groups is 2. The van der Waals surface area contributed by atoms with Gasteiger partial charge in [-0.05, 0) is 138 Å². The van der Waals surface area contributed by atoms with Gasteiger partial charge in [-0.2, -0.15) is 5.26 Å². The fraction of sp³-hybridized carbons (Fsp3) is 0.936. The highest BCUT2D eigenvalue weighted by Gasteiger charge is 2.49. The number of amides is 1. The predicted molar refractivity (Wildman–Crippen MR) is 242 cm³/mol. The summed E-state index contributed by atoms with van der Waals surface area (Å²) in [5, 5.41) is 17.8. The van der Waals surface area contributed by atoms with E-state index in [2.05, 4.69) is 75.8 Å². The maximum Gasteiger partial charge on any atom is 0.238 e. The van der Waals surface area contributed by atoms with Crippen molar-refractivity contribution < 1.29 is 19.0 Å². The van der Waals surface area contributed by atoms with E-state index in [1.807, 2.05) is 7.11 Å². The number of thioether (sulfide) groups is 1. The lowest BCUT2D eigenvalue weighted by Crippen LogP contribution is -2.62. The first-order valence-corrected chi connectivity index (χ1v) is 25.7. The van der Waals surface area contributed by atoms with E-state index >= 15 is 0 Å². The van der Waals surface area contributed by atoms with Crippen molar-refractivity contribution in [3.8, 4) is 6.07 Å². The lowest BCUT2D eigenvalue weighted by Gasteiger charge is -2.43. The molecule has 4 aliphatic heterocycles. The summed E-state index contributed by atoms with van der Waals surface area (Å²) in [5.74, 6) is 3.53. The quantitative estimate of drug-likeness (QED) is 0.127. The maximum atomic E-state index is 13.4. The molecule has 6 N–H and O–H groups in total. The number of rotatable bonds is 13. The van der Waals surface area contributed by atoms with Gasteiger partial charge in [0, 0.05) is 63.2 Å². The van der Waals surface area contributed by atoms with Gasteiger partial charge in [0.1, 0.15) is 12.1 Å². The van der Waals surface area contributed by atoms with Crippen molar-refractivity contribution in [2.24, 2.45) is 45.9 Å². The number of aliphatic imine (C=N–C) groups is 1. The summed E-state index contributed by atoms with van der Waals surface area (Å²) in [6, 6.07) is 2.49. The highest BCUT2D eigenvalue weighted by Crippen LogP contribution is 2.51. The number of nitrogens with zero attached hydrogens (tertiary/aromatic N) is 3. The van der Waals surface area contributed by atoms with Crippen LogP contribution < -0.4 is 32.3 Å². The lowest BCUT2D eigenvalue weighted by molar-refractivity contribution is -0.126. The Morgan fingerprint density at radius 2 is 1.69 bits per heavy atom. The molecule has 10 unspecified atom stereocenters.